The van der Waals surface area contributed by atoms with Crippen molar-refractivity contribution in [1.82, 2.24) is 25.0 Å². The van der Waals surface area contributed by atoms with Crippen LogP contribution in [0.25, 0.3) is 0 Å². The van der Waals surface area contributed by atoms with Crippen molar-refractivity contribution in [3.63, 3.8) is 0 Å². The van der Waals surface area contributed by atoms with Gasteiger partial charge in [0.25, 0.3) is 0 Å². The van der Waals surface area contributed by atoms with Crippen LogP contribution < -0.4 is 5.32 Å². The number of hydrogen-bond acceptors (Lipinski definition) is 4. The second-order valence-corrected chi connectivity index (χ2v) is 4.45. The minimum atomic E-state index is 0.597. The van der Waals surface area contributed by atoms with Crippen LogP contribution in [-0.4, -0.2) is 45.8 Å². The fourth-order valence-electron chi connectivity index (χ4n) is 2.26. The average molecular weight is 223 g/mol. The maximum atomic E-state index is 4.14. The van der Waals surface area contributed by atoms with E-state index in [1.54, 1.807) is 0 Å². The molecule has 5 heteroatoms. The largest absolute Gasteiger partial charge is 0.316 e. The third kappa shape index (κ3) is 2.59. The Morgan fingerprint density at radius 3 is 3.12 bits per heavy atom. The first kappa shape index (κ1) is 11.5. The summed E-state index contributed by atoms with van der Waals surface area (Å²) < 4.78 is 2.14. The summed E-state index contributed by atoms with van der Waals surface area (Å²) in [6, 6.07) is 0.597. The zero-order chi connectivity index (χ0) is 11.4. The van der Waals surface area contributed by atoms with E-state index in [9.17, 15) is 0 Å². The number of fused-ring (bicyclic) bond motifs is 1. The molecule has 0 saturated carbocycles. The first-order chi connectivity index (χ1) is 7.83. The van der Waals surface area contributed by atoms with Gasteiger partial charge in [0.05, 0.1) is 6.54 Å². The fraction of sp³-hybridized carbons (Fsp3) is 0.818. The molecule has 1 aromatic heterocycles. The molecule has 0 aliphatic carbocycles. The molecule has 0 fully saturated rings. The first-order valence-corrected chi connectivity index (χ1v) is 6.09. The molecule has 90 valence electrons. The van der Waals surface area contributed by atoms with Gasteiger partial charge in [-0.3, -0.25) is 4.90 Å². The standard InChI is InChI=1S/C11H21N5/c1-3-4-10(12-2)7-15-5-6-16-9-13-14-11(16)8-15/h9-10,12H,3-8H2,1-2H3. The normalized spacial score (nSPS) is 18.4. The Kier molecular flexibility index (Phi) is 3.90. The van der Waals surface area contributed by atoms with Crippen LogP contribution in [0.5, 0.6) is 0 Å². The smallest absolute Gasteiger partial charge is 0.147 e. The minimum Gasteiger partial charge on any atom is -0.316 e. The summed E-state index contributed by atoms with van der Waals surface area (Å²) in [5.74, 6) is 1.10. The van der Waals surface area contributed by atoms with Gasteiger partial charge >= 0.3 is 0 Å². The Morgan fingerprint density at radius 1 is 1.50 bits per heavy atom. The van der Waals surface area contributed by atoms with Crippen molar-refractivity contribution in [1.29, 1.82) is 0 Å². The van der Waals surface area contributed by atoms with Crippen molar-refractivity contribution in [2.75, 3.05) is 20.1 Å². The first-order valence-electron chi connectivity index (χ1n) is 6.09. The van der Waals surface area contributed by atoms with E-state index in [2.05, 4.69) is 31.9 Å². The number of nitrogens with one attached hydrogen (secondary N) is 1. The SMILES string of the molecule is CCCC(CN1CCn2cnnc2C1)NC. The van der Waals surface area contributed by atoms with E-state index in [1.165, 1.54) is 12.8 Å². The van der Waals surface area contributed by atoms with Crippen molar-refractivity contribution in [3.8, 4) is 0 Å². The number of nitrogens with zero attached hydrogens (tertiary/aromatic N) is 4. The lowest BCUT2D eigenvalue weighted by molar-refractivity contribution is 0.193. The maximum absolute atomic E-state index is 4.14. The lowest BCUT2D eigenvalue weighted by atomic mass is 10.1. The molecule has 0 spiro atoms. The zero-order valence-corrected chi connectivity index (χ0v) is 10.2. The van der Waals surface area contributed by atoms with Gasteiger partial charge in [0.2, 0.25) is 0 Å². The number of likely N-dealkylation sites (N-methyl/N-ethyl adjacent to an activating group) is 1. The Labute approximate surface area is 96.8 Å². The third-order valence-electron chi connectivity index (χ3n) is 3.24. The van der Waals surface area contributed by atoms with Crippen LogP contribution in [-0.2, 0) is 13.1 Å². The highest BCUT2D eigenvalue weighted by molar-refractivity contribution is 4.90. The predicted octanol–water partition coefficient (Wildman–Crippen LogP) is 0.482. The number of aromatic nitrogens is 3. The lowest BCUT2D eigenvalue weighted by Gasteiger charge is -2.30. The topological polar surface area (TPSA) is 46.0 Å². The highest BCUT2D eigenvalue weighted by Crippen LogP contribution is 2.10. The van der Waals surface area contributed by atoms with Gasteiger partial charge in [-0.1, -0.05) is 13.3 Å². The molecule has 1 aliphatic heterocycles. The molecule has 0 radical (unpaired) electrons. The van der Waals surface area contributed by atoms with E-state index in [0.29, 0.717) is 6.04 Å². The molecular formula is C11H21N5. The Bertz CT molecular complexity index is 322. The Balaban J connectivity index is 1.88. The molecule has 0 saturated heterocycles. The molecule has 2 rings (SSSR count). The predicted molar refractivity (Wildman–Crippen MR) is 63.1 cm³/mol. The van der Waals surface area contributed by atoms with Crippen molar-refractivity contribution < 1.29 is 0 Å². The van der Waals surface area contributed by atoms with Crippen molar-refractivity contribution in [2.24, 2.45) is 0 Å². The molecule has 16 heavy (non-hydrogen) atoms. The van der Waals surface area contributed by atoms with Crippen LogP contribution in [0.4, 0.5) is 0 Å². The van der Waals surface area contributed by atoms with Gasteiger partial charge in [0, 0.05) is 25.7 Å². The fourth-order valence-corrected chi connectivity index (χ4v) is 2.26. The van der Waals surface area contributed by atoms with E-state index in [4.69, 9.17) is 0 Å². The molecule has 1 atom stereocenters. The molecule has 1 aliphatic rings. The van der Waals surface area contributed by atoms with Gasteiger partial charge in [-0.25, -0.2) is 0 Å². The monoisotopic (exact) mass is 223 g/mol. The second kappa shape index (κ2) is 5.41. The van der Waals surface area contributed by atoms with Crippen LogP contribution in [0.2, 0.25) is 0 Å². The minimum absolute atomic E-state index is 0.597. The molecule has 2 heterocycles. The lowest BCUT2D eigenvalue weighted by Crippen LogP contribution is -2.43. The van der Waals surface area contributed by atoms with Crippen molar-refractivity contribution in [3.05, 3.63) is 12.2 Å². The summed E-state index contributed by atoms with van der Waals surface area (Å²) in [5.41, 5.74) is 0. The third-order valence-corrected chi connectivity index (χ3v) is 3.24. The average Bonchev–Trinajstić information content (AvgIpc) is 2.75. The van der Waals surface area contributed by atoms with Gasteiger partial charge in [-0.05, 0) is 13.5 Å². The summed E-state index contributed by atoms with van der Waals surface area (Å²) in [6.07, 6.45) is 4.30. The highest BCUT2D eigenvalue weighted by atomic mass is 15.3. The molecule has 0 amide bonds. The van der Waals surface area contributed by atoms with Crippen LogP contribution in [0.3, 0.4) is 0 Å². The van der Waals surface area contributed by atoms with Gasteiger partial charge in [0.1, 0.15) is 12.2 Å². The van der Waals surface area contributed by atoms with E-state index >= 15 is 0 Å². The quantitative estimate of drug-likeness (QED) is 0.789. The van der Waals surface area contributed by atoms with Gasteiger partial charge in [-0.15, -0.1) is 10.2 Å². The van der Waals surface area contributed by atoms with Crippen LogP contribution >= 0.6 is 0 Å². The van der Waals surface area contributed by atoms with Crippen LogP contribution in [0.15, 0.2) is 6.33 Å². The number of rotatable bonds is 5. The molecule has 5 nitrogen and oxygen atoms in total. The molecular weight excluding hydrogens is 202 g/mol. The summed E-state index contributed by atoms with van der Waals surface area (Å²) in [6.45, 7) is 6.40. The van der Waals surface area contributed by atoms with Gasteiger partial charge in [0.15, 0.2) is 0 Å². The summed E-state index contributed by atoms with van der Waals surface area (Å²) in [5, 5.41) is 11.5. The molecule has 1 aromatic rings. The molecule has 0 bridgehead atoms. The second-order valence-electron chi connectivity index (χ2n) is 4.45. The van der Waals surface area contributed by atoms with Crippen molar-refractivity contribution >= 4 is 0 Å². The number of hydrogen-bond donors (Lipinski definition) is 1. The van der Waals surface area contributed by atoms with Gasteiger partial charge < -0.3 is 9.88 Å². The summed E-state index contributed by atoms with van der Waals surface area (Å²) in [7, 11) is 2.05. The zero-order valence-electron chi connectivity index (χ0n) is 10.2. The Hall–Kier alpha value is -0.940. The highest BCUT2D eigenvalue weighted by Gasteiger charge is 2.19. The summed E-state index contributed by atoms with van der Waals surface area (Å²) >= 11 is 0. The molecule has 1 N–H and O–H groups in total. The van der Waals surface area contributed by atoms with Crippen LogP contribution in [0, 0.1) is 0 Å². The van der Waals surface area contributed by atoms with Gasteiger partial charge in [-0.2, -0.15) is 0 Å². The van der Waals surface area contributed by atoms with Crippen molar-refractivity contribution in [2.45, 2.75) is 38.9 Å². The Morgan fingerprint density at radius 2 is 2.38 bits per heavy atom. The molecule has 0 aromatic carbocycles. The maximum Gasteiger partial charge on any atom is 0.147 e. The van der Waals surface area contributed by atoms with E-state index < -0.39 is 0 Å². The van der Waals surface area contributed by atoms with E-state index in [0.717, 1.165) is 32.0 Å². The molecule has 1 unspecified atom stereocenters. The van der Waals surface area contributed by atoms with Crippen LogP contribution in [0.1, 0.15) is 25.6 Å². The summed E-state index contributed by atoms with van der Waals surface area (Å²) in [4.78, 5) is 2.46. The van der Waals surface area contributed by atoms with E-state index in [-0.39, 0.29) is 0 Å². The van der Waals surface area contributed by atoms with E-state index in [1.807, 2.05) is 13.4 Å².